The van der Waals surface area contributed by atoms with Crippen LogP contribution < -0.4 is 0 Å². The van der Waals surface area contributed by atoms with Crippen LogP contribution in [-0.2, 0) is 0 Å². The zero-order chi connectivity index (χ0) is 13.0. The molecule has 0 aliphatic carbocycles. The Labute approximate surface area is 106 Å². The van der Waals surface area contributed by atoms with E-state index in [0.717, 1.165) is 22.0 Å². The molecule has 0 unspecified atom stereocenters. The van der Waals surface area contributed by atoms with E-state index in [9.17, 15) is 0 Å². The molecule has 1 aromatic heterocycles. The zero-order valence-corrected chi connectivity index (χ0v) is 10.6. The summed E-state index contributed by atoms with van der Waals surface area (Å²) in [6.07, 6.45) is 4.52. The number of para-hydroxylation sites is 1. The summed E-state index contributed by atoms with van der Waals surface area (Å²) in [4.78, 5) is 4.40. The van der Waals surface area contributed by atoms with E-state index in [1.807, 2.05) is 50.4 Å². The summed E-state index contributed by atoms with van der Waals surface area (Å²) in [5, 5.41) is 13.3. The normalized spacial score (nSPS) is 13.0. The molecule has 0 spiro atoms. The molecule has 1 heterocycles. The molecule has 2 rings (SSSR count). The standard InChI is InChI=1S/C15H16N2O/c1-3-14(17-18)11(2)8-12-9-13-6-4-5-7-15(13)16-10-12/h4-10,18H,3H2,1-2H3/b11-8+,17-14?. The summed E-state index contributed by atoms with van der Waals surface area (Å²) in [5.41, 5.74) is 3.65. The van der Waals surface area contributed by atoms with E-state index in [4.69, 9.17) is 5.21 Å². The molecule has 0 saturated heterocycles. The molecule has 0 radical (unpaired) electrons. The van der Waals surface area contributed by atoms with Gasteiger partial charge in [-0.2, -0.15) is 0 Å². The van der Waals surface area contributed by atoms with Gasteiger partial charge in [0.25, 0.3) is 0 Å². The summed E-state index contributed by atoms with van der Waals surface area (Å²) >= 11 is 0. The number of benzene rings is 1. The summed E-state index contributed by atoms with van der Waals surface area (Å²) in [7, 11) is 0. The highest BCUT2D eigenvalue weighted by Crippen LogP contribution is 2.15. The van der Waals surface area contributed by atoms with E-state index >= 15 is 0 Å². The van der Waals surface area contributed by atoms with Crippen molar-refractivity contribution in [3.8, 4) is 0 Å². The molecule has 3 nitrogen and oxygen atoms in total. The van der Waals surface area contributed by atoms with Crippen molar-refractivity contribution in [3.63, 3.8) is 0 Å². The fraction of sp³-hybridized carbons (Fsp3) is 0.200. The van der Waals surface area contributed by atoms with Gasteiger partial charge in [0.15, 0.2) is 0 Å². The van der Waals surface area contributed by atoms with Gasteiger partial charge >= 0.3 is 0 Å². The maximum absolute atomic E-state index is 8.88. The molecular formula is C15H16N2O. The van der Waals surface area contributed by atoms with Gasteiger partial charge in [-0.3, -0.25) is 4.98 Å². The van der Waals surface area contributed by atoms with Crippen molar-refractivity contribution < 1.29 is 5.21 Å². The maximum Gasteiger partial charge on any atom is 0.0822 e. The highest BCUT2D eigenvalue weighted by Gasteiger charge is 2.01. The second kappa shape index (κ2) is 5.45. The van der Waals surface area contributed by atoms with Gasteiger partial charge in [-0.1, -0.05) is 30.3 Å². The van der Waals surface area contributed by atoms with E-state index in [-0.39, 0.29) is 0 Å². The average molecular weight is 240 g/mol. The topological polar surface area (TPSA) is 45.5 Å². The van der Waals surface area contributed by atoms with Crippen LogP contribution in [0, 0.1) is 0 Å². The van der Waals surface area contributed by atoms with Gasteiger partial charge in [-0.25, -0.2) is 0 Å². The summed E-state index contributed by atoms with van der Waals surface area (Å²) < 4.78 is 0. The first-order chi connectivity index (χ1) is 8.74. The number of rotatable bonds is 3. The van der Waals surface area contributed by atoms with Gasteiger partial charge in [-0.15, -0.1) is 0 Å². The van der Waals surface area contributed by atoms with Gasteiger partial charge < -0.3 is 5.21 Å². The summed E-state index contributed by atoms with van der Waals surface area (Å²) in [6, 6.07) is 10.1. The van der Waals surface area contributed by atoms with Crippen LogP contribution in [0.4, 0.5) is 0 Å². The highest BCUT2D eigenvalue weighted by molar-refractivity contribution is 6.02. The number of allylic oxidation sites excluding steroid dienone is 1. The first kappa shape index (κ1) is 12.3. The Balaban J connectivity index is 2.40. The smallest absolute Gasteiger partial charge is 0.0822 e. The molecule has 0 amide bonds. The van der Waals surface area contributed by atoms with Gasteiger partial charge in [0, 0.05) is 11.6 Å². The lowest BCUT2D eigenvalue weighted by Crippen LogP contribution is -1.97. The Bertz CT molecular complexity index is 615. The number of pyridine rings is 1. The minimum atomic E-state index is 0.697. The van der Waals surface area contributed by atoms with E-state index in [1.165, 1.54) is 0 Å². The SMILES string of the molecule is CCC(=NO)/C(C)=C/c1cnc2ccccc2c1. The molecule has 0 bridgehead atoms. The molecule has 92 valence electrons. The van der Waals surface area contributed by atoms with Crippen molar-refractivity contribution in [2.24, 2.45) is 5.16 Å². The predicted octanol–water partition coefficient (Wildman–Crippen LogP) is 3.88. The lowest BCUT2D eigenvalue weighted by molar-refractivity contribution is 0.318. The highest BCUT2D eigenvalue weighted by atomic mass is 16.4. The minimum Gasteiger partial charge on any atom is -0.411 e. The van der Waals surface area contributed by atoms with Crippen LogP contribution in [0.5, 0.6) is 0 Å². The maximum atomic E-state index is 8.88. The summed E-state index contributed by atoms with van der Waals surface area (Å²) in [5.74, 6) is 0. The quantitative estimate of drug-likeness (QED) is 0.502. The first-order valence-electron chi connectivity index (χ1n) is 5.99. The molecule has 1 aromatic carbocycles. The Morgan fingerprint density at radius 3 is 2.89 bits per heavy atom. The van der Waals surface area contributed by atoms with E-state index in [2.05, 4.69) is 16.2 Å². The third kappa shape index (κ3) is 2.56. The Kier molecular flexibility index (Phi) is 3.72. The van der Waals surface area contributed by atoms with Crippen LogP contribution in [0.3, 0.4) is 0 Å². The van der Waals surface area contributed by atoms with Crippen LogP contribution in [-0.4, -0.2) is 15.9 Å². The molecule has 1 N–H and O–H groups in total. The van der Waals surface area contributed by atoms with E-state index in [1.54, 1.807) is 0 Å². The Hall–Kier alpha value is -2.16. The van der Waals surface area contributed by atoms with Gasteiger partial charge in [0.1, 0.15) is 0 Å². The minimum absolute atomic E-state index is 0.697. The number of hydrogen-bond donors (Lipinski definition) is 1. The third-order valence-corrected chi connectivity index (χ3v) is 2.91. The third-order valence-electron chi connectivity index (χ3n) is 2.91. The van der Waals surface area contributed by atoms with Crippen molar-refractivity contribution in [3.05, 3.63) is 47.7 Å². The second-order valence-corrected chi connectivity index (χ2v) is 4.19. The zero-order valence-electron chi connectivity index (χ0n) is 10.6. The monoisotopic (exact) mass is 240 g/mol. The van der Waals surface area contributed by atoms with Gasteiger partial charge in [0.05, 0.1) is 11.2 Å². The van der Waals surface area contributed by atoms with Crippen molar-refractivity contribution in [2.45, 2.75) is 20.3 Å². The molecule has 0 aliphatic rings. The average Bonchev–Trinajstić information content (AvgIpc) is 2.40. The van der Waals surface area contributed by atoms with Crippen LogP contribution in [0.2, 0.25) is 0 Å². The summed E-state index contributed by atoms with van der Waals surface area (Å²) in [6.45, 7) is 3.90. The van der Waals surface area contributed by atoms with Crippen LogP contribution in [0.15, 0.2) is 47.3 Å². The molecule has 2 aromatic rings. The number of hydrogen-bond acceptors (Lipinski definition) is 3. The lowest BCUT2D eigenvalue weighted by Gasteiger charge is -2.03. The molecule has 3 heteroatoms. The number of fused-ring (bicyclic) bond motifs is 1. The second-order valence-electron chi connectivity index (χ2n) is 4.19. The number of nitrogens with zero attached hydrogens (tertiary/aromatic N) is 2. The first-order valence-corrected chi connectivity index (χ1v) is 5.99. The van der Waals surface area contributed by atoms with Crippen LogP contribution in [0.1, 0.15) is 25.8 Å². The number of oxime groups is 1. The van der Waals surface area contributed by atoms with Gasteiger partial charge in [-0.05, 0) is 42.7 Å². The lowest BCUT2D eigenvalue weighted by atomic mass is 10.1. The molecule has 0 fully saturated rings. The van der Waals surface area contributed by atoms with Crippen LogP contribution >= 0.6 is 0 Å². The molecule has 0 atom stereocenters. The molecule has 0 aliphatic heterocycles. The Morgan fingerprint density at radius 2 is 2.17 bits per heavy atom. The molecule has 0 saturated carbocycles. The Morgan fingerprint density at radius 1 is 1.39 bits per heavy atom. The molecule has 18 heavy (non-hydrogen) atoms. The van der Waals surface area contributed by atoms with Crippen LogP contribution in [0.25, 0.3) is 17.0 Å². The van der Waals surface area contributed by atoms with Crippen molar-refractivity contribution in [1.82, 2.24) is 4.98 Å². The fourth-order valence-electron chi connectivity index (χ4n) is 1.93. The number of aromatic nitrogens is 1. The largest absolute Gasteiger partial charge is 0.411 e. The van der Waals surface area contributed by atoms with Crippen molar-refractivity contribution in [1.29, 1.82) is 0 Å². The van der Waals surface area contributed by atoms with Crippen molar-refractivity contribution >= 4 is 22.7 Å². The van der Waals surface area contributed by atoms with E-state index in [0.29, 0.717) is 12.1 Å². The molecular weight excluding hydrogens is 224 g/mol. The van der Waals surface area contributed by atoms with E-state index < -0.39 is 0 Å². The fourth-order valence-corrected chi connectivity index (χ4v) is 1.93. The van der Waals surface area contributed by atoms with Crippen molar-refractivity contribution in [2.75, 3.05) is 0 Å². The van der Waals surface area contributed by atoms with Gasteiger partial charge in [0.2, 0.25) is 0 Å². The predicted molar refractivity (Wildman–Crippen MR) is 74.9 cm³/mol.